The van der Waals surface area contributed by atoms with Gasteiger partial charge in [-0.15, -0.1) is 4.89 Å². The average molecular weight is 256 g/mol. The fourth-order valence-corrected chi connectivity index (χ4v) is 0.564. The van der Waals surface area contributed by atoms with Crippen LogP contribution in [0.4, 0.5) is 26.3 Å². The summed E-state index contributed by atoms with van der Waals surface area (Å²) in [4.78, 5) is 24.8. The van der Waals surface area contributed by atoms with Crippen LogP contribution in [0.3, 0.4) is 0 Å². The average Bonchev–Trinajstić information content (AvgIpc) is 2.08. The monoisotopic (exact) mass is 256 g/mol. The minimum atomic E-state index is -6.19. The van der Waals surface area contributed by atoms with Crippen molar-refractivity contribution in [2.24, 2.45) is 0 Å². The second kappa shape index (κ2) is 4.55. The molecule has 11 heteroatoms. The van der Waals surface area contributed by atoms with Gasteiger partial charge in [-0.25, -0.2) is 0 Å². The van der Waals surface area contributed by atoms with Crippen molar-refractivity contribution < 1.29 is 50.4 Å². The molecule has 0 fully saturated rings. The van der Waals surface area contributed by atoms with E-state index in [9.17, 15) is 35.9 Å². The Kier molecular flexibility index (Phi) is 4.12. The van der Waals surface area contributed by atoms with E-state index >= 15 is 0 Å². The van der Waals surface area contributed by atoms with Crippen LogP contribution >= 0.6 is 0 Å². The van der Waals surface area contributed by atoms with Gasteiger partial charge in [-0.05, 0) is 0 Å². The first-order valence-corrected chi connectivity index (χ1v) is 3.15. The fourth-order valence-electron chi connectivity index (χ4n) is 0.564. The number of hydrogen-bond donors (Lipinski definition) is 0. The first kappa shape index (κ1) is 14.5. The van der Waals surface area contributed by atoms with Gasteiger partial charge in [0.15, 0.2) is 0 Å². The predicted octanol–water partition coefficient (Wildman–Crippen LogP) is 1.08. The third-order valence-corrected chi connectivity index (χ3v) is 1.17. The van der Waals surface area contributed by atoms with E-state index in [1.165, 1.54) is 0 Å². The fraction of sp³-hybridized carbons (Fsp3) is 0.600. The number of alkyl halides is 6. The normalized spacial score (nSPS) is 13.1. The van der Waals surface area contributed by atoms with Crippen LogP contribution in [0.5, 0.6) is 0 Å². The molecule has 0 aromatic rings. The molecule has 0 atom stereocenters. The SMILES string of the molecule is O=COOC(OC=O)(C(F)(F)F)C(F)(F)F. The van der Waals surface area contributed by atoms with Crippen LogP contribution in [-0.2, 0) is 24.1 Å². The number of rotatable bonds is 5. The molecule has 0 amide bonds. The van der Waals surface area contributed by atoms with Crippen molar-refractivity contribution >= 4 is 12.9 Å². The minimum absolute atomic E-state index is 0.847. The summed E-state index contributed by atoms with van der Waals surface area (Å²) in [5, 5.41) is 0. The number of halogens is 6. The lowest BCUT2D eigenvalue weighted by molar-refractivity contribution is -0.522. The van der Waals surface area contributed by atoms with Crippen molar-refractivity contribution in [3.8, 4) is 0 Å². The first-order chi connectivity index (χ1) is 7.12. The molecule has 0 aliphatic heterocycles. The molecule has 16 heavy (non-hydrogen) atoms. The van der Waals surface area contributed by atoms with Crippen LogP contribution in [0.2, 0.25) is 0 Å². The Morgan fingerprint density at radius 1 is 0.812 bits per heavy atom. The van der Waals surface area contributed by atoms with E-state index in [0.29, 0.717) is 0 Å². The number of carbonyl (C=O) groups excluding carboxylic acids is 2. The molecule has 0 saturated heterocycles. The standard InChI is InChI=1S/C5H2F6O5/c6-4(7,8)3(14-1-12,5(9,10)11)16-15-2-13/h1-2H. The van der Waals surface area contributed by atoms with Gasteiger partial charge in [0.1, 0.15) is 0 Å². The van der Waals surface area contributed by atoms with Crippen molar-refractivity contribution in [3.63, 3.8) is 0 Å². The van der Waals surface area contributed by atoms with Crippen molar-refractivity contribution in [1.82, 2.24) is 0 Å². The van der Waals surface area contributed by atoms with Gasteiger partial charge in [0.05, 0.1) is 0 Å². The van der Waals surface area contributed by atoms with E-state index in [1.54, 1.807) is 0 Å². The summed E-state index contributed by atoms with van der Waals surface area (Å²) < 4.78 is 75.2. The zero-order valence-electron chi connectivity index (χ0n) is 6.96. The molecule has 0 aromatic carbocycles. The lowest BCUT2D eigenvalue weighted by atomic mass is 10.2. The molecule has 0 bridgehead atoms. The third-order valence-electron chi connectivity index (χ3n) is 1.17. The molecule has 5 nitrogen and oxygen atoms in total. The van der Waals surface area contributed by atoms with Crippen LogP contribution in [0, 0.1) is 0 Å². The summed E-state index contributed by atoms with van der Waals surface area (Å²) in [7, 11) is 0. The first-order valence-electron chi connectivity index (χ1n) is 3.15. The Morgan fingerprint density at radius 3 is 1.50 bits per heavy atom. The molecule has 0 rings (SSSR count). The van der Waals surface area contributed by atoms with Gasteiger partial charge in [0, 0.05) is 0 Å². The van der Waals surface area contributed by atoms with E-state index in [0.717, 1.165) is 0 Å². The van der Waals surface area contributed by atoms with E-state index in [1.807, 2.05) is 0 Å². The molecule has 0 aromatic heterocycles. The number of carbonyl (C=O) groups is 2. The number of hydrogen-bond acceptors (Lipinski definition) is 5. The molecular formula is C5H2F6O5. The van der Waals surface area contributed by atoms with Crippen molar-refractivity contribution in [2.45, 2.75) is 18.1 Å². The van der Waals surface area contributed by atoms with Crippen LogP contribution in [0.1, 0.15) is 0 Å². The number of ether oxygens (including phenoxy) is 1. The van der Waals surface area contributed by atoms with Crippen LogP contribution in [0.15, 0.2) is 0 Å². The molecule has 0 radical (unpaired) electrons. The molecule has 0 aliphatic rings. The topological polar surface area (TPSA) is 61.8 Å². The third kappa shape index (κ3) is 2.53. The van der Waals surface area contributed by atoms with Crippen LogP contribution < -0.4 is 0 Å². The van der Waals surface area contributed by atoms with E-state index < -0.39 is 31.1 Å². The van der Waals surface area contributed by atoms with E-state index in [4.69, 9.17) is 0 Å². The molecular weight excluding hydrogens is 254 g/mol. The van der Waals surface area contributed by atoms with Crippen LogP contribution in [0.25, 0.3) is 0 Å². The highest BCUT2D eigenvalue weighted by Crippen LogP contribution is 2.46. The maximum absolute atomic E-state index is 12.1. The second-order valence-corrected chi connectivity index (χ2v) is 2.10. The molecule has 0 unspecified atom stereocenters. The maximum atomic E-state index is 12.1. The van der Waals surface area contributed by atoms with Gasteiger partial charge in [0.2, 0.25) is 0 Å². The van der Waals surface area contributed by atoms with Gasteiger partial charge in [-0.1, -0.05) is 0 Å². The summed E-state index contributed by atoms with van der Waals surface area (Å²) in [5.41, 5.74) is 0. The highest BCUT2D eigenvalue weighted by molar-refractivity contribution is 5.39. The Balaban J connectivity index is 5.39. The molecule has 0 N–H and O–H groups in total. The van der Waals surface area contributed by atoms with E-state index in [-0.39, 0.29) is 0 Å². The predicted molar refractivity (Wildman–Crippen MR) is 30.2 cm³/mol. The summed E-state index contributed by atoms with van der Waals surface area (Å²) >= 11 is 0. The highest BCUT2D eigenvalue weighted by Gasteiger charge is 2.78. The molecule has 0 heterocycles. The summed E-state index contributed by atoms with van der Waals surface area (Å²) in [6.45, 7) is -1.99. The smallest absolute Gasteiger partial charge is 0.416 e. The van der Waals surface area contributed by atoms with Gasteiger partial charge in [-0.3, -0.25) is 14.5 Å². The van der Waals surface area contributed by atoms with Gasteiger partial charge < -0.3 is 4.74 Å². The van der Waals surface area contributed by atoms with Gasteiger partial charge in [0.25, 0.3) is 6.47 Å². The van der Waals surface area contributed by atoms with Crippen molar-refractivity contribution in [1.29, 1.82) is 0 Å². The lowest BCUT2D eigenvalue weighted by Crippen LogP contribution is -2.60. The largest absolute Gasteiger partial charge is 0.469 e. The second-order valence-electron chi connectivity index (χ2n) is 2.10. The van der Waals surface area contributed by atoms with Crippen LogP contribution in [-0.4, -0.2) is 31.1 Å². The van der Waals surface area contributed by atoms with Gasteiger partial charge >= 0.3 is 24.6 Å². The minimum Gasteiger partial charge on any atom is -0.416 e. The lowest BCUT2D eigenvalue weighted by Gasteiger charge is -2.31. The van der Waals surface area contributed by atoms with Crippen molar-refractivity contribution in [2.75, 3.05) is 0 Å². The Morgan fingerprint density at radius 2 is 1.25 bits per heavy atom. The quantitative estimate of drug-likeness (QED) is 0.242. The molecule has 0 aliphatic carbocycles. The summed E-state index contributed by atoms with van der Waals surface area (Å²) in [6.07, 6.45) is -12.4. The van der Waals surface area contributed by atoms with Gasteiger partial charge in [-0.2, -0.15) is 26.3 Å². The summed E-state index contributed by atoms with van der Waals surface area (Å²) in [5.74, 6) is -5.34. The zero-order valence-corrected chi connectivity index (χ0v) is 6.96. The Hall–Kier alpha value is -1.52. The molecule has 0 spiro atoms. The van der Waals surface area contributed by atoms with E-state index in [2.05, 4.69) is 14.5 Å². The summed E-state index contributed by atoms with van der Waals surface area (Å²) in [6, 6.07) is 0. The Bertz CT molecular complexity index is 243. The zero-order chi connectivity index (χ0) is 13.0. The Labute approximate surface area is 82.8 Å². The molecule has 0 saturated carbocycles. The van der Waals surface area contributed by atoms with Crippen molar-refractivity contribution in [3.05, 3.63) is 0 Å². The molecule has 94 valence electrons. The highest BCUT2D eigenvalue weighted by atomic mass is 19.4. The maximum Gasteiger partial charge on any atom is 0.469 e.